The summed E-state index contributed by atoms with van der Waals surface area (Å²) < 4.78 is 3.77. The first kappa shape index (κ1) is 18.3. The number of likely N-dealkylation sites (tertiary alicyclic amines) is 1. The minimum absolute atomic E-state index is 0.512. The number of nitrogens with one attached hydrogen (secondary N) is 1. The van der Waals surface area contributed by atoms with Crippen LogP contribution in [0.4, 0.5) is 0 Å². The molecular weight excluding hydrogens is 350 g/mol. The van der Waals surface area contributed by atoms with Crippen molar-refractivity contribution in [2.24, 2.45) is 12.0 Å². The number of hydrogen-bond donors (Lipinski definition) is 1. The Kier molecular flexibility index (Phi) is 5.41. The van der Waals surface area contributed by atoms with Crippen LogP contribution in [0.5, 0.6) is 0 Å². The molecule has 7 heteroatoms. The van der Waals surface area contributed by atoms with Crippen molar-refractivity contribution in [1.82, 2.24) is 29.8 Å². The zero-order chi connectivity index (χ0) is 19.3. The minimum atomic E-state index is 0.512. The van der Waals surface area contributed by atoms with Crippen molar-refractivity contribution in [2.75, 3.05) is 19.6 Å². The highest BCUT2D eigenvalue weighted by Gasteiger charge is 2.26. The van der Waals surface area contributed by atoms with Gasteiger partial charge in [-0.3, -0.25) is 4.68 Å². The van der Waals surface area contributed by atoms with Gasteiger partial charge in [-0.1, -0.05) is 18.2 Å². The molecule has 1 N–H and O–H groups in total. The molecule has 0 aliphatic carbocycles. The Labute approximate surface area is 165 Å². The molecule has 3 heterocycles. The van der Waals surface area contributed by atoms with E-state index in [-0.39, 0.29) is 0 Å². The number of para-hydroxylation sites is 1. The molecule has 0 radical (unpaired) electrons. The van der Waals surface area contributed by atoms with Gasteiger partial charge in [0.05, 0.1) is 24.6 Å². The molecule has 0 bridgehead atoms. The van der Waals surface area contributed by atoms with Gasteiger partial charge in [0.1, 0.15) is 0 Å². The fourth-order valence-electron chi connectivity index (χ4n) is 3.63. The van der Waals surface area contributed by atoms with Crippen molar-refractivity contribution < 1.29 is 0 Å². The van der Waals surface area contributed by atoms with Gasteiger partial charge in [0.25, 0.3) is 0 Å². The van der Waals surface area contributed by atoms with E-state index in [0.717, 1.165) is 43.3 Å². The molecule has 1 aliphatic rings. The third kappa shape index (κ3) is 4.08. The third-order valence-corrected chi connectivity index (χ3v) is 5.09. The molecule has 4 rings (SSSR count). The summed E-state index contributed by atoms with van der Waals surface area (Å²) in [6.45, 7) is 5.56. The van der Waals surface area contributed by atoms with E-state index in [1.54, 1.807) is 0 Å². The Hall–Kier alpha value is -3.09. The fraction of sp³-hybridized carbons (Fsp3) is 0.381. The highest BCUT2D eigenvalue weighted by atomic mass is 15.3. The van der Waals surface area contributed by atoms with E-state index in [4.69, 9.17) is 4.99 Å². The minimum Gasteiger partial charge on any atom is -0.357 e. The van der Waals surface area contributed by atoms with Crippen molar-refractivity contribution in [3.05, 3.63) is 66.2 Å². The zero-order valence-corrected chi connectivity index (χ0v) is 16.5. The molecule has 7 nitrogen and oxygen atoms in total. The molecule has 1 unspecified atom stereocenters. The highest BCUT2D eigenvalue weighted by molar-refractivity contribution is 5.80. The SMILES string of the molecule is CCNC(=NCc1cnn(-c2ccccc2)c1)N1CCC(c2cnn(C)c2)C1. The van der Waals surface area contributed by atoms with Gasteiger partial charge >= 0.3 is 0 Å². The summed E-state index contributed by atoms with van der Waals surface area (Å²) >= 11 is 0. The molecule has 0 spiro atoms. The first-order valence-electron chi connectivity index (χ1n) is 9.83. The average Bonchev–Trinajstić information content (AvgIpc) is 3.46. The lowest BCUT2D eigenvalue weighted by atomic mass is 10.0. The maximum atomic E-state index is 4.86. The van der Waals surface area contributed by atoms with E-state index in [1.807, 2.05) is 65.3 Å². The number of aryl methyl sites for hydroxylation is 1. The summed E-state index contributed by atoms with van der Waals surface area (Å²) in [6, 6.07) is 10.1. The van der Waals surface area contributed by atoms with Crippen LogP contribution >= 0.6 is 0 Å². The number of aromatic nitrogens is 4. The lowest BCUT2D eigenvalue weighted by Crippen LogP contribution is -2.39. The summed E-state index contributed by atoms with van der Waals surface area (Å²) in [5.41, 5.74) is 3.47. The molecule has 1 saturated heterocycles. The predicted molar refractivity (Wildman–Crippen MR) is 111 cm³/mol. The second-order valence-corrected chi connectivity index (χ2v) is 7.18. The molecule has 0 amide bonds. The van der Waals surface area contributed by atoms with Gasteiger partial charge in [0.2, 0.25) is 0 Å². The molecule has 1 aliphatic heterocycles. The Morgan fingerprint density at radius 2 is 2.04 bits per heavy atom. The average molecular weight is 377 g/mol. The maximum absolute atomic E-state index is 4.86. The molecule has 1 atom stereocenters. The van der Waals surface area contributed by atoms with Crippen LogP contribution < -0.4 is 5.32 Å². The lowest BCUT2D eigenvalue weighted by Gasteiger charge is -2.21. The number of nitrogens with zero attached hydrogens (tertiary/aromatic N) is 6. The molecule has 28 heavy (non-hydrogen) atoms. The topological polar surface area (TPSA) is 63.3 Å². The van der Waals surface area contributed by atoms with Gasteiger partial charge < -0.3 is 10.2 Å². The molecule has 1 fully saturated rings. The summed E-state index contributed by atoms with van der Waals surface area (Å²) in [6.07, 6.45) is 9.17. The fourth-order valence-corrected chi connectivity index (χ4v) is 3.63. The smallest absolute Gasteiger partial charge is 0.194 e. The van der Waals surface area contributed by atoms with E-state index in [2.05, 4.69) is 33.5 Å². The van der Waals surface area contributed by atoms with E-state index in [9.17, 15) is 0 Å². The number of guanidine groups is 1. The molecule has 2 aromatic heterocycles. The molecular formula is C21H27N7. The first-order valence-corrected chi connectivity index (χ1v) is 9.83. The van der Waals surface area contributed by atoms with Gasteiger partial charge in [0.15, 0.2) is 5.96 Å². The van der Waals surface area contributed by atoms with Crippen LogP contribution in [0, 0.1) is 0 Å². The van der Waals surface area contributed by atoms with Crippen LogP contribution in [0.3, 0.4) is 0 Å². The molecule has 3 aromatic rings. The standard InChI is InChI=1S/C21H27N7/c1-3-22-21(27-10-9-18(16-27)19-13-24-26(2)15-19)23-11-17-12-25-28(14-17)20-7-5-4-6-8-20/h4-8,12-15,18H,3,9-11,16H2,1-2H3,(H,22,23). The van der Waals surface area contributed by atoms with Crippen LogP contribution in [0.25, 0.3) is 5.69 Å². The number of hydrogen-bond acceptors (Lipinski definition) is 3. The van der Waals surface area contributed by atoms with Crippen molar-refractivity contribution in [2.45, 2.75) is 25.8 Å². The third-order valence-electron chi connectivity index (χ3n) is 5.09. The van der Waals surface area contributed by atoms with Crippen LogP contribution in [-0.4, -0.2) is 50.1 Å². The quantitative estimate of drug-likeness (QED) is 0.548. The van der Waals surface area contributed by atoms with Crippen LogP contribution in [0.15, 0.2) is 60.1 Å². The summed E-state index contributed by atoms with van der Waals surface area (Å²) in [5, 5.41) is 12.2. The molecule has 146 valence electrons. The Balaban J connectivity index is 1.43. The molecule has 1 aromatic carbocycles. The van der Waals surface area contributed by atoms with Crippen molar-refractivity contribution in [3.8, 4) is 5.69 Å². The maximum Gasteiger partial charge on any atom is 0.194 e. The van der Waals surface area contributed by atoms with Gasteiger partial charge in [0, 0.05) is 50.6 Å². The van der Waals surface area contributed by atoms with Gasteiger partial charge in [-0.25, -0.2) is 9.67 Å². The zero-order valence-electron chi connectivity index (χ0n) is 16.5. The van der Waals surface area contributed by atoms with Crippen molar-refractivity contribution >= 4 is 5.96 Å². The van der Waals surface area contributed by atoms with Crippen molar-refractivity contribution in [3.63, 3.8) is 0 Å². The van der Waals surface area contributed by atoms with E-state index >= 15 is 0 Å². The number of rotatable bonds is 5. The normalized spacial score (nSPS) is 17.3. The Morgan fingerprint density at radius 1 is 1.18 bits per heavy atom. The van der Waals surface area contributed by atoms with E-state index in [0.29, 0.717) is 12.5 Å². The number of benzene rings is 1. The second kappa shape index (κ2) is 8.29. The second-order valence-electron chi connectivity index (χ2n) is 7.18. The van der Waals surface area contributed by atoms with Gasteiger partial charge in [-0.15, -0.1) is 0 Å². The summed E-state index contributed by atoms with van der Waals surface area (Å²) in [7, 11) is 1.97. The van der Waals surface area contributed by atoms with E-state index in [1.165, 1.54) is 5.56 Å². The number of aliphatic imine (C=N–C) groups is 1. The van der Waals surface area contributed by atoms with Crippen LogP contribution in [0.2, 0.25) is 0 Å². The lowest BCUT2D eigenvalue weighted by molar-refractivity contribution is 0.486. The Morgan fingerprint density at radius 3 is 2.79 bits per heavy atom. The highest BCUT2D eigenvalue weighted by Crippen LogP contribution is 2.26. The van der Waals surface area contributed by atoms with Crippen LogP contribution in [-0.2, 0) is 13.6 Å². The summed E-state index contributed by atoms with van der Waals surface area (Å²) in [5.74, 6) is 1.49. The van der Waals surface area contributed by atoms with Crippen LogP contribution in [0.1, 0.15) is 30.4 Å². The van der Waals surface area contributed by atoms with Crippen molar-refractivity contribution in [1.29, 1.82) is 0 Å². The predicted octanol–water partition coefficient (Wildman–Crippen LogP) is 2.56. The van der Waals surface area contributed by atoms with Gasteiger partial charge in [-0.05, 0) is 31.0 Å². The largest absolute Gasteiger partial charge is 0.357 e. The summed E-state index contributed by atoms with van der Waals surface area (Å²) in [4.78, 5) is 7.21. The monoisotopic (exact) mass is 377 g/mol. The molecule has 0 saturated carbocycles. The van der Waals surface area contributed by atoms with E-state index < -0.39 is 0 Å². The first-order chi connectivity index (χ1) is 13.7. The van der Waals surface area contributed by atoms with Gasteiger partial charge in [-0.2, -0.15) is 10.2 Å². The Bertz CT molecular complexity index is 925.